The number of ketones is 2. The first-order valence-corrected chi connectivity index (χ1v) is 13.5. The van der Waals surface area contributed by atoms with Gasteiger partial charge in [-0.3, -0.25) is 9.59 Å². The molecule has 0 fully saturated rings. The standard InChI is InChI=1S/C38H30O2/c1-27-7-17-33(18-8-27)37(39)35-23-13-29(14-24-35)11-21-31-5-3-4-6-32(31)22-12-30-15-25-36(26-16-30)38(40)34-19-9-28(2)10-20-34/h3-10,13-20,23-26H,11,21H2,1-2H3. The van der Waals surface area contributed by atoms with E-state index in [4.69, 9.17) is 0 Å². The SMILES string of the molecule is Cc1ccc(C(=O)c2ccc(C#Cc3ccccc3CCc3ccc(C(=O)c4ccc(C)cc4)cc3)cc2)cc1. The quantitative estimate of drug-likeness (QED) is 0.162. The number of benzene rings is 5. The molecular weight excluding hydrogens is 488 g/mol. The van der Waals surface area contributed by atoms with Gasteiger partial charge in [0.2, 0.25) is 0 Å². The fraction of sp³-hybridized carbons (Fsp3) is 0.105. The molecule has 0 radical (unpaired) electrons. The van der Waals surface area contributed by atoms with Crippen molar-refractivity contribution in [2.24, 2.45) is 0 Å². The first kappa shape index (κ1) is 26.6. The highest BCUT2D eigenvalue weighted by atomic mass is 16.1. The molecule has 2 heteroatoms. The zero-order valence-corrected chi connectivity index (χ0v) is 22.8. The molecular formula is C38H30O2. The molecule has 5 rings (SSSR count). The van der Waals surface area contributed by atoms with Gasteiger partial charge in [-0.1, -0.05) is 114 Å². The Labute approximate surface area is 236 Å². The van der Waals surface area contributed by atoms with Gasteiger partial charge in [0, 0.05) is 33.4 Å². The third-order valence-corrected chi connectivity index (χ3v) is 7.03. The van der Waals surface area contributed by atoms with Crippen molar-refractivity contribution in [3.8, 4) is 11.8 Å². The van der Waals surface area contributed by atoms with Crippen molar-refractivity contribution in [2.45, 2.75) is 26.7 Å². The van der Waals surface area contributed by atoms with Crippen molar-refractivity contribution in [1.82, 2.24) is 0 Å². The average molecular weight is 519 g/mol. The summed E-state index contributed by atoms with van der Waals surface area (Å²) in [7, 11) is 0. The molecule has 5 aromatic carbocycles. The van der Waals surface area contributed by atoms with Gasteiger partial charge in [-0.25, -0.2) is 0 Å². The number of rotatable bonds is 7. The number of hydrogen-bond acceptors (Lipinski definition) is 2. The maximum Gasteiger partial charge on any atom is 0.193 e. The van der Waals surface area contributed by atoms with Crippen molar-refractivity contribution in [2.75, 3.05) is 0 Å². The number of hydrogen-bond donors (Lipinski definition) is 0. The second-order valence-corrected chi connectivity index (χ2v) is 10.1. The molecule has 194 valence electrons. The third-order valence-electron chi connectivity index (χ3n) is 7.03. The van der Waals surface area contributed by atoms with E-state index in [2.05, 4.69) is 17.9 Å². The lowest BCUT2D eigenvalue weighted by atomic mass is 9.97. The summed E-state index contributed by atoms with van der Waals surface area (Å²) < 4.78 is 0. The van der Waals surface area contributed by atoms with Crippen molar-refractivity contribution in [3.05, 3.63) is 177 Å². The molecule has 5 aromatic rings. The lowest BCUT2D eigenvalue weighted by Gasteiger charge is -2.07. The van der Waals surface area contributed by atoms with Crippen LogP contribution in [0.5, 0.6) is 0 Å². The molecule has 40 heavy (non-hydrogen) atoms. The highest BCUT2D eigenvalue weighted by molar-refractivity contribution is 6.09. The Bertz CT molecular complexity index is 1700. The number of aryl methyl sites for hydroxylation is 4. The van der Waals surface area contributed by atoms with Gasteiger partial charge in [-0.05, 0) is 68.1 Å². The van der Waals surface area contributed by atoms with Gasteiger partial charge in [-0.2, -0.15) is 0 Å². The van der Waals surface area contributed by atoms with E-state index >= 15 is 0 Å². The minimum Gasteiger partial charge on any atom is -0.289 e. The molecule has 0 spiro atoms. The maximum absolute atomic E-state index is 12.8. The van der Waals surface area contributed by atoms with Crippen LogP contribution in [0, 0.1) is 25.7 Å². The topological polar surface area (TPSA) is 34.1 Å². The van der Waals surface area contributed by atoms with Gasteiger partial charge in [-0.15, -0.1) is 0 Å². The van der Waals surface area contributed by atoms with E-state index < -0.39 is 0 Å². The maximum atomic E-state index is 12.8. The van der Waals surface area contributed by atoms with Crippen molar-refractivity contribution < 1.29 is 9.59 Å². The van der Waals surface area contributed by atoms with Crippen molar-refractivity contribution >= 4 is 11.6 Å². The first-order valence-electron chi connectivity index (χ1n) is 13.5. The van der Waals surface area contributed by atoms with E-state index in [0.717, 1.165) is 35.1 Å². The summed E-state index contributed by atoms with van der Waals surface area (Å²) in [5.41, 5.74) is 9.23. The van der Waals surface area contributed by atoms with Crippen LogP contribution in [-0.2, 0) is 12.8 Å². The Hall–Kier alpha value is -5.00. The zero-order valence-electron chi connectivity index (χ0n) is 22.8. The highest BCUT2D eigenvalue weighted by Gasteiger charge is 2.10. The van der Waals surface area contributed by atoms with Crippen LogP contribution in [0.15, 0.2) is 121 Å². The van der Waals surface area contributed by atoms with E-state index in [1.54, 1.807) is 0 Å². The zero-order chi connectivity index (χ0) is 27.9. The summed E-state index contributed by atoms with van der Waals surface area (Å²) >= 11 is 0. The van der Waals surface area contributed by atoms with Crippen LogP contribution in [0.4, 0.5) is 0 Å². The minimum atomic E-state index is 0.0115. The molecule has 0 saturated heterocycles. The fourth-order valence-corrected chi connectivity index (χ4v) is 4.55. The molecule has 0 aliphatic carbocycles. The fourth-order valence-electron chi connectivity index (χ4n) is 4.55. The van der Waals surface area contributed by atoms with E-state index in [9.17, 15) is 9.59 Å². The molecule has 0 heterocycles. The van der Waals surface area contributed by atoms with Crippen LogP contribution >= 0.6 is 0 Å². The second-order valence-electron chi connectivity index (χ2n) is 10.1. The van der Waals surface area contributed by atoms with Crippen LogP contribution < -0.4 is 0 Å². The molecule has 2 nitrogen and oxygen atoms in total. The van der Waals surface area contributed by atoms with Crippen molar-refractivity contribution in [3.63, 3.8) is 0 Å². The van der Waals surface area contributed by atoms with E-state index in [1.165, 1.54) is 11.1 Å². The largest absolute Gasteiger partial charge is 0.289 e. The third kappa shape index (κ3) is 6.52. The molecule has 0 amide bonds. The summed E-state index contributed by atoms with van der Waals surface area (Å²) in [6.45, 7) is 4.02. The van der Waals surface area contributed by atoms with Crippen molar-refractivity contribution in [1.29, 1.82) is 0 Å². The minimum absolute atomic E-state index is 0.0115. The highest BCUT2D eigenvalue weighted by Crippen LogP contribution is 2.16. The monoisotopic (exact) mass is 518 g/mol. The molecule has 0 saturated carbocycles. The number of carbonyl (C=O) groups excluding carboxylic acids is 2. The molecule has 0 atom stereocenters. The van der Waals surface area contributed by atoms with Crippen LogP contribution in [0.1, 0.15) is 65.2 Å². The lowest BCUT2D eigenvalue weighted by molar-refractivity contribution is 0.103. The van der Waals surface area contributed by atoms with Crippen LogP contribution in [0.25, 0.3) is 0 Å². The van der Waals surface area contributed by atoms with Crippen LogP contribution in [-0.4, -0.2) is 11.6 Å². The molecule has 0 aliphatic rings. The average Bonchev–Trinajstić information content (AvgIpc) is 3.00. The molecule has 0 unspecified atom stereocenters. The smallest absolute Gasteiger partial charge is 0.193 e. The lowest BCUT2D eigenvalue weighted by Crippen LogP contribution is -2.02. The first-order chi connectivity index (χ1) is 19.5. The van der Waals surface area contributed by atoms with Gasteiger partial charge in [0.15, 0.2) is 11.6 Å². The number of carbonyl (C=O) groups is 2. The van der Waals surface area contributed by atoms with Gasteiger partial charge in [0.25, 0.3) is 0 Å². The van der Waals surface area contributed by atoms with Gasteiger partial charge in [0.1, 0.15) is 0 Å². The Kier molecular flexibility index (Phi) is 8.14. The summed E-state index contributed by atoms with van der Waals surface area (Å²) in [5.74, 6) is 6.62. The molecule has 0 bridgehead atoms. The molecule has 0 aliphatic heterocycles. The summed E-state index contributed by atoms with van der Waals surface area (Å²) in [6.07, 6.45) is 1.70. The van der Waals surface area contributed by atoms with Crippen LogP contribution in [0.3, 0.4) is 0 Å². The summed E-state index contributed by atoms with van der Waals surface area (Å²) in [5, 5.41) is 0. The Balaban J connectivity index is 1.23. The summed E-state index contributed by atoms with van der Waals surface area (Å²) in [6, 6.07) is 38.9. The Morgan fingerprint density at radius 1 is 0.500 bits per heavy atom. The molecule has 0 N–H and O–H groups in total. The second kappa shape index (κ2) is 12.2. The van der Waals surface area contributed by atoms with Crippen LogP contribution in [0.2, 0.25) is 0 Å². The summed E-state index contributed by atoms with van der Waals surface area (Å²) in [4.78, 5) is 25.5. The molecule has 0 aromatic heterocycles. The Morgan fingerprint density at radius 3 is 1.48 bits per heavy atom. The van der Waals surface area contributed by atoms with Gasteiger partial charge in [0.05, 0.1) is 0 Å². The Morgan fingerprint density at radius 2 is 0.950 bits per heavy atom. The van der Waals surface area contributed by atoms with E-state index in [-0.39, 0.29) is 11.6 Å². The van der Waals surface area contributed by atoms with Gasteiger partial charge >= 0.3 is 0 Å². The van der Waals surface area contributed by atoms with E-state index in [0.29, 0.717) is 22.3 Å². The predicted octanol–water partition coefficient (Wildman–Crippen LogP) is 7.95. The van der Waals surface area contributed by atoms with Gasteiger partial charge < -0.3 is 0 Å². The van der Waals surface area contributed by atoms with E-state index in [1.807, 2.05) is 129 Å². The predicted molar refractivity (Wildman–Crippen MR) is 162 cm³/mol. The normalized spacial score (nSPS) is 10.4.